The van der Waals surface area contributed by atoms with E-state index in [1.807, 2.05) is 0 Å². The summed E-state index contributed by atoms with van der Waals surface area (Å²) >= 11 is 0. The highest BCUT2D eigenvalue weighted by Crippen LogP contribution is 2.16. The lowest BCUT2D eigenvalue weighted by Crippen LogP contribution is -2.26. The molecule has 116 valence electrons. The molecule has 1 heterocycles. The second-order valence-electron chi connectivity index (χ2n) is 4.70. The second-order valence-corrected chi connectivity index (χ2v) is 4.70. The Bertz CT molecular complexity index is 506. The number of hydrogen-bond acceptors (Lipinski definition) is 4. The molecule has 1 N–H and O–H groups in total. The van der Waals surface area contributed by atoms with Gasteiger partial charge in [0.2, 0.25) is 5.91 Å². The van der Waals surface area contributed by atoms with Gasteiger partial charge in [-0.1, -0.05) is 6.08 Å². The number of hydrogen-bond donors (Lipinski definition) is 1. The number of rotatable bonds is 9. The number of carbonyl (C=O) groups excluding carboxylic acids is 1. The van der Waals surface area contributed by atoms with E-state index in [-0.39, 0.29) is 18.0 Å². The Morgan fingerprint density at radius 2 is 2.24 bits per heavy atom. The second kappa shape index (κ2) is 8.26. The van der Waals surface area contributed by atoms with Crippen LogP contribution in [0.5, 0.6) is 0 Å². The summed E-state index contributed by atoms with van der Waals surface area (Å²) in [6.45, 7) is 6.37. The predicted molar refractivity (Wildman–Crippen MR) is 77.1 cm³/mol. The van der Waals surface area contributed by atoms with E-state index in [1.165, 1.54) is 11.0 Å². The molecule has 1 amide bonds. The smallest absolute Gasteiger partial charge is 0.339 e. The minimum absolute atomic E-state index is 0.0388. The van der Waals surface area contributed by atoms with Crippen molar-refractivity contribution in [1.82, 2.24) is 4.90 Å². The van der Waals surface area contributed by atoms with Gasteiger partial charge in [0.1, 0.15) is 17.1 Å². The molecule has 0 unspecified atom stereocenters. The monoisotopic (exact) mass is 295 g/mol. The third kappa shape index (κ3) is 5.43. The van der Waals surface area contributed by atoms with Crippen LogP contribution in [0.4, 0.5) is 0 Å². The van der Waals surface area contributed by atoms with Gasteiger partial charge in [0, 0.05) is 20.1 Å². The van der Waals surface area contributed by atoms with Gasteiger partial charge in [-0.2, -0.15) is 0 Å². The van der Waals surface area contributed by atoms with E-state index in [1.54, 1.807) is 20.0 Å². The van der Waals surface area contributed by atoms with Gasteiger partial charge in [-0.15, -0.1) is 6.58 Å². The number of carboxylic acid groups (broad SMARTS) is 1. The Labute approximate surface area is 124 Å². The van der Waals surface area contributed by atoms with Crippen LogP contribution in [-0.4, -0.2) is 42.1 Å². The Morgan fingerprint density at radius 1 is 1.52 bits per heavy atom. The molecule has 0 radical (unpaired) electrons. The number of carbonyl (C=O) groups is 2. The van der Waals surface area contributed by atoms with Crippen molar-refractivity contribution in [2.45, 2.75) is 26.3 Å². The van der Waals surface area contributed by atoms with Crippen LogP contribution < -0.4 is 0 Å². The van der Waals surface area contributed by atoms with E-state index in [0.29, 0.717) is 37.6 Å². The molecule has 0 aliphatic rings. The Balaban J connectivity index is 2.43. The molecule has 0 fully saturated rings. The van der Waals surface area contributed by atoms with Crippen molar-refractivity contribution in [2.24, 2.45) is 0 Å². The van der Waals surface area contributed by atoms with E-state index < -0.39 is 5.97 Å². The number of furan rings is 1. The molecule has 21 heavy (non-hydrogen) atoms. The lowest BCUT2D eigenvalue weighted by Gasteiger charge is -2.15. The van der Waals surface area contributed by atoms with Gasteiger partial charge in [0.25, 0.3) is 0 Å². The molecule has 0 spiro atoms. The zero-order valence-corrected chi connectivity index (χ0v) is 12.4. The molecule has 0 saturated heterocycles. The highest BCUT2D eigenvalue weighted by atomic mass is 16.5. The molecule has 6 heteroatoms. The SMILES string of the molecule is C=CCOCCCC(=O)N(C)Cc1cc(C(=O)O)c(C)o1. The molecular weight excluding hydrogens is 274 g/mol. The number of aromatic carboxylic acids is 1. The maximum Gasteiger partial charge on any atom is 0.339 e. The summed E-state index contributed by atoms with van der Waals surface area (Å²) in [5, 5.41) is 8.95. The van der Waals surface area contributed by atoms with Crippen LogP contribution in [0.2, 0.25) is 0 Å². The average Bonchev–Trinajstić information content (AvgIpc) is 2.79. The number of carboxylic acids is 1. The molecule has 0 aliphatic heterocycles. The van der Waals surface area contributed by atoms with Gasteiger partial charge < -0.3 is 19.2 Å². The van der Waals surface area contributed by atoms with Crippen molar-refractivity contribution < 1.29 is 23.8 Å². The van der Waals surface area contributed by atoms with Gasteiger partial charge in [0.15, 0.2) is 0 Å². The van der Waals surface area contributed by atoms with Crippen LogP contribution in [0.3, 0.4) is 0 Å². The zero-order chi connectivity index (χ0) is 15.8. The van der Waals surface area contributed by atoms with Gasteiger partial charge in [0.05, 0.1) is 13.2 Å². The summed E-state index contributed by atoms with van der Waals surface area (Å²) in [6, 6.07) is 1.45. The minimum atomic E-state index is -1.03. The lowest BCUT2D eigenvalue weighted by atomic mass is 10.2. The molecule has 0 aliphatic carbocycles. The predicted octanol–water partition coefficient (Wildman–Crippen LogP) is 2.23. The van der Waals surface area contributed by atoms with Crippen molar-refractivity contribution in [3.63, 3.8) is 0 Å². The van der Waals surface area contributed by atoms with Crippen molar-refractivity contribution in [2.75, 3.05) is 20.3 Å². The summed E-state index contributed by atoms with van der Waals surface area (Å²) in [5.74, 6) is -0.265. The van der Waals surface area contributed by atoms with E-state index in [0.717, 1.165) is 0 Å². The molecule has 1 aromatic rings. The molecule has 0 saturated carbocycles. The first-order chi connectivity index (χ1) is 9.95. The van der Waals surface area contributed by atoms with Gasteiger partial charge in [-0.3, -0.25) is 4.79 Å². The first-order valence-electron chi connectivity index (χ1n) is 6.71. The van der Waals surface area contributed by atoms with Crippen LogP contribution in [0.25, 0.3) is 0 Å². The van der Waals surface area contributed by atoms with E-state index in [9.17, 15) is 9.59 Å². The molecule has 6 nitrogen and oxygen atoms in total. The summed E-state index contributed by atoms with van der Waals surface area (Å²) in [5.41, 5.74) is 0.128. The fourth-order valence-corrected chi connectivity index (χ4v) is 1.84. The zero-order valence-electron chi connectivity index (χ0n) is 12.4. The van der Waals surface area contributed by atoms with Crippen LogP contribution in [0.1, 0.15) is 34.7 Å². The Hall–Kier alpha value is -2.08. The first-order valence-corrected chi connectivity index (χ1v) is 6.71. The van der Waals surface area contributed by atoms with Crippen molar-refractivity contribution in [3.8, 4) is 0 Å². The van der Waals surface area contributed by atoms with E-state index in [4.69, 9.17) is 14.3 Å². The number of aryl methyl sites for hydroxylation is 1. The topological polar surface area (TPSA) is 80.0 Å². The normalized spacial score (nSPS) is 10.4. The number of ether oxygens (including phenoxy) is 1. The van der Waals surface area contributed by atoms with Crippen LogP contribution in [-0.2, 0) is 16.1 Å². The highest BCUT2D eigenvalue weighted by molar-refractivity contribution is 5.88. The van der Waals surface area contributed by atoms with Crippen LogP contribution in [0, 0.1) is 6.92 Å². The largest absolute Gasteiger partial charge is 0.478 e. The third-order valence-electron chi connectivity index (χ3n) is 2.93. The molecule has 1 rings (SSSR count). The Kier molecular flexibility index (Phi) is 6.68. The van der Waals surface area contributed by atoms with Crippen LogP contribution in [0.15, 0.2) is 23.1 Å². The molecule has 0 atom stereocenters. The maximum absolute atomic E-state index is 11.9. The minimum Gasteiger partial charge on any atom is -0.478 e. The molecule has 1 aromatic heterocycles. The van der Waals surface area contributed by atoms with Gasteiger partial charge in [-0.25, -0.2) is 4.79 Å². The summed E-state index contributed by atoms with van der Waals surface area (Å²) in [6.07, 6.45) is 2.67. The summed E-state index contributed by atoms with van der Waals surface area (Å²) < 4.78 is 10.5. The average molecular weight is 295 g/mol. The van der Waals surface area contributed by atoms with Crippen molar-refractivity contribution in [1.29, 1.82) is 0 Å². The Morgan fingerprint density at radius 3 is 2.81 bits per heavy atom. The standard InChI is InChI=1S/C15H21NO5/c1-4-7-20-8-5-6-14(17)16(3)10-12-9-13(15(18)19)11(2)21-12/h4,9H,1,5-8,10H2,2-3H3,(H,18,19). The molecular formula is C15H21NO5. The maximum atomic E-state index is 11.9. The van der Waals surface area contributed by atoms with E-state index >= 15 is 0 Å². The van der Waals surface area contributed by atoms with Crippen LogP contribution >= 0.6 is 0 Å². The molecule has 0 aromatic carbocycles. The fourth-order valence-electron chi connectivity index (χ4n) is 1.84. The van der Waals surface area contributed by atoms with Crippen molar-refractivity contribution in [3.05, 3.63) is 35.8 Å². The quantitative estimate of drug-likeness (QED) is 0.558. The molecule has 0 bridgehead atoms. The summed E-state index contributed by atoms with van der Waals surface area (Å²) in [7, 11) is 1.66. The van der Waals surface area contributed by atoms with Crippen molar-refractivity contribution >= 4 is 11.9 Å². The third-order valence-corrected chi connectivity index (χ3v) is 2.93. The first kappa shape index (κ1) is 17.0. The summed E-state index contributed by atoms with van der Waals surface area (Å²) in [4.78, 5) is 24.3. The number of nitrogens with zero attached hydrogens (tertiary/aromatic N) is 1. The lowest BCUT2D eigenvalue weighted by molar-refractivity contribution is -0.131. The highest BCUT2D eigenvalue weighted by Gasteiger charge is 2.16. The van der Waals surface area contributed by atoms with Gasteiger partial charge in [-0.05, 0) is 19.4 Å². The van der Waals surface area contributed by atoms with Gasteiger partial charge >= 0.3 is 5.97 Å². The number of amides is 1. The fraction of sp³-hybridized carbons (Fsp3) is 0.467. The van der Waals surface area contributed by atoms with E-state index in [2.05, 4.69) is 6.58 Å².